The number of aromatic nitrogens is 5. The number of carbonyl (C=O) groups is 1. The summed E-state index contributed by atoms with van der Waals surface area (Å²) in [6, 6.07) is 2.85. The molecule has 4 aromatic rings. The summed E-state index contributed by atoms with van der Waals surface area (Å²) in [5.41, 5.74) is 5.06. The maximum absolute atomic E-state index is 12.9. The average Bonchev–Trinajstić information content (AvgIpc) is 3.41. The number of hydrogen-bond donors (Lipinski definition) is 1. The number of nitrogens with zero attached hydrogens (tertiary/aromatic N) is 7. The van der Waals surface area contributed by atoms with Gasteiger partial charge in [0.05, 0.1) is 39.5 Å². The summed E-state index contributed by atoms with van der Waals surface area (Å²) in [7, 11) is 4.08. The zero-order valence-electron chi connectivity index (χ0n) is 24.3. The SMILES string of the molecule is Cc1cc(Nc2nc(C3=CCCN(C(=O)OC(C)(C)C)C3)cn3c(-c4cnn(C)c4)cnc23)sc1SN(C)C1CC1. The van der Waals surface area contributed by atoms with E-state index in [1.165, 1.54) is 22.6 Å². The summed E-state index contributed by atoms with van der Waals surface area (Å²) in [5, 5.41) is 8.96. The van der Waals surface area contributed by atoms with Crippen LogP contribution in [0.4, 0.5) is 15.6 Å². The van der Waals surface area contributed by atoms with E-state index in [1.54, 1.807) is 20.9 Å². The maximum Gasteiger partial charge on any atom is 0.410 e. The number of ether oxygens (including phenoxy) is 1. The molecule has 1 aliphatic carbocycles. The van der Waals surface area contributed by atoms with Crippen molar-refractivity contribution in [2.24, 2.45) is 7.05 Å². The van der Waals surface area contributed by atoms with Crippen LogP contribution in [0.15, 0.2) is 41.1 Å². The number of aryl methyl sites for hydroxylation is 2. The molecule has 216 valence electrons. The maximum atomic E-state index is 12.9. The van der Waals surface area contributed by atoms with E-state index in [1.807, 2.05) is 64.6 Å². The van der Waals surface area contributed by atoms with Crippen molar-refractivity contribution in [3.63, 3.8) is 0 Å². The lowest BCUT2D eigenvalue weighted by atomic mass is 10.1. The lowest BCUT2D eigenvalue weighted by Gasteiger charge is -2.30. The highest BCUT2D eigenvalue weighted by atomic mass is 32.2. The van der Waals surface area contributed by atoms with E-state index in [-0.39, 0.29) is 6.09 Å². The zero-order chi connectivity index (χ0) is 28.9. The Labute approximate surface area is 248 Å². The molecule has 0 spiro atoms. The second kappa shape index (κ2) is 10.8. The van der Waals surface area contributed by atoms with Gasteiger partial charge in [0.15, 0.2) is 11.5 Å². The standard InChI is InChI=1S/C29H36N8O2S2/c1-18-12-24(40-27(18)41-35(6)21-9-10-21)33-25-26-30-14-23(20-13-31-34(5)15-20)37(26)17-22(32-25)19-8-7-11-36(16-19)28(38)39-29(2,3)4/h8,12-15,17,21H,7,9-11,16H2,1-6H3,(H,32,33). The highest BCUT2D eigenvalue weighted by Crippen LogP contribution is 2.41. The molecule has 0 atom stereocenters. The first-order valence-corrected chi connectivity index (χ1v) is 15.5. The lowest BCUT2D eigenvalue weighted by Crippen LogP contribution is -2.39. The molecular weight excluding hydrogens is 557 g/mol. The third kappa shape index (κ3) is 6.14. The van der Waals surface area contributed by atoms with E-state index in [4.69, 9.17) is 14.7 Å². The van der Waals surface area contributed by atoms with E-state index < -0.39 is 5.60 Å². The molecule has 1 N–H and O–H groups in total. The van der Waals surface area contributed by atoms with Crippen molar-refractivity contribution >= 4 is 51.4 Å². The van der Waals surface area contributed by atoms with Crippen molar-refractivity contribution in [3.05, 3.63) is 48.2 Å². The second-order valence-electron chi connectivity index (χ2n) is 11.7. The Bertz CT molecular complexity index is 1630. The minimum absolute atomic E-state index is 0.309. The van der Waals surface area contributed by atoms with Crippen LogP contribution in [0, 0.1) is 6.92 Å². The predicted molar refractivity (Wildman–Crippen MR) is 165 cm³/mol. The van der Waals surface area contributed by atoms with Gasteiger partial charge in [-0.2, -0.15) is 5.10 Å². The topological polar surface area (TPSA) is 92.8 Å². The largest absolute Gasteiger partial charge is 0.444 e. The van der Waals surface area contributed by atoms with Gasteiger partial charge in [-0.15, -0.1) is 11.3 Å². The summed E-state index contributed by atoms with van der Waals surface area (Å²) >= 11 is 3.54. The average molecular weight is 593 g/mol. The van der Waals surface area contributed by atoms with E-state index in [9.17, 15) is 4.79 Å². The van der Waals surface area contributed by atoms with E-state index in [0.717, 1.165) is 39.6 Å². The van der Waals surface area contributed by atoms with E-state index >= 15 is 0 Å². The van der Waals surface area contributed by atoms with Crippen LogP contribution in [-0.4, -0.2) is 71.2 Å². The predicted octanol–water partition coefficient (Wildman–Crippen LogP) is 6.37. The van der Waals surface area contributed by atoms with Crippen molar-refractivity contribution in [2.75, 3.05) is 25.5 Å². The smallest absolute Gasteiger partial charge is 0.410 e. The Morgan fingerprint density at radius 1 is 1.24 bits per heavy atom. The van der Waals surface area contributed by atoms with E-state index in [2.05, 4.69) is 45.2 Å². The van der Waals surface area contributed by atoms with Crippen molar-refractivity contribution in [1.29, 1.82) is 0 Å². The Balaban J connectivity index is 1.35. The molecule has 4 aromatic heterocycles. The van der Waals surface area contributed by atoms with Gasteiger partial charge in [-0.05, 0) is 83.2 Å². The number of imidazole rings is 1. The van der Waals surface area contributed by atoms with Crippen molar-refractivity contribution in [1.82, 2.24) is 33.4 Å². The summed E-state index contributed by atoms with van der Waals surface area (Å²) in [6.07, 6.45) is 12.8. The molecular formula is C29H36N8O2S2. The quantitative estimate of drug-likeness (QED) is 0.248. The molecule has 5 heterocycles. The van der Waals surface area contributed by atoms with Crippen LogP contribution in [0.25, 0.3) is 22.5 Å². The van der Waals surface area contributed by atoms with E-state index in [0.29, 0.717) is 24.9 Å². The summed E-state index contributed by atoms with van der Waals surface area (Å²) in [5.74, 6) is 0.668. The van der Waals surface area contributed by atoms with Gasteiger partial charge in [0.1, 0.15) is 5.60 Å². The summed E-state index contributed by atoms with van der Waals surface area (Å²) < 4.78 is 13.1. The molecule has 0 aromatic carbocycles. The lowest BCUT2D eigenvalue weighted by molar-refractivity contribution is 0.0273. The first kappa shape index (κ1) is 27.8. The van der Waals surface area contributed by atoms with Gasteiger partial charge in [0.25, 0.3) is 0 Å². The van der Waals surface area contributed by atoms with Crippen LogP contribution in [0.2, 0.25) is 0 Å². The van der Waals surface area contributed by atoms with Gasteiger partial charge in [0, 0.05) is 37.6 Å². The first-order chi connectivity index (χ1) is 19.5. The molecule has 0 radical (unpaired) electrons. The molecule has 0 bridgehead atoms. The number of anilines is 2. The van der Waals surface area contributed by atoms with Crippen molar-refractivity contribution in [3.8, 4) is 11.3 Å². The Morgan fingerprint density at radius 2 is 2.05 bits per heavy atom. The zero-order valence-corrected chi connectivity index (χ0v) is 26.0. The fraction of sp³-hybridized carbons (Fsp3) is 0.448. The Kier molecular flexibility index (Phi) is 7.33. The highest BCUT2D eigenvalue weighted by molar-refractivity contribution is 7.99. The third-order valence-electron chi connectivity index (χ3n) is 7.03. The number of fused-ring (bicyclic) bond motifs is 1. The first-order valence-electron chi connectivity index (χ1n) is 13.9. The normalized spacial score (nSPS) is 16.0. The number of thiophene rings is 1. The summed E-state index contributed by atoms with van der Waals surface area (Å²) in [4.78, 5) is 24.5. The monoisotopic (exact) mass is 592 g/mol. The molecule has 6 rings (SSSR count). The molecule has 2 aliphatic rings. The van der Waals surface area contributed by atoms with Crippen LogP contribution in [0.1, 0.15) is 51.3 Å². The third-order valence-corrected chi connectivity index (χ3v) is 9.52. The molecule has 1 amide bonds. The minimum Gasteiger partial charge on any atom is -0.444 e. The molecule has 1 aliphatic heterocycles. The molecule has 0 unspecified atom stereocenters. The number of nitrogens with one attached hydrogen (secondary N) is 1. The highest BCUT2D eigenvalue weighted by Gasteiger charge is 2.28. The van der Waals surface area contributed by atoms with Gasteiger partial charge in [-0.1, -0.05) is 6.08 Å². The van der Waals surface area contributed by atoms with Gasteiger partial charge in [-0.25, -0.2) is 19.1 Å². The number of carbonyl (C=O) groups excluding carboxylic acids is 1. The van der Waals surface area contributed by atoms with Crippen LogP contribution < -0.4 is 5.32 Å². The molecule has 0 saturated heterocycles. The van der Waals surface area contributed by atoms with Crippen LogP contribution >= 0.6 is 23.3 Å². The van der Waals surface area contributed by atoms with Gasteiger partial charge < -0.3 is 15.0 Å². The summed E-state index contributed by atoms with van der Waals surface area (Å²) in [6.45, 7) is 8.85. The minimum atomic E-state index is -0.550. The molecule has 1 fully saturated rings. The molecule has 1 saturated carbocycles. The molecule has 12 heteroatoms. The van der Waals surface area contributed by atoms with Gasteiger partial charge in [0.2, 0.25) is 0 Å². The van der Waals surface area contributed by atoms with Gasteiger partial charge in [-0.3, -0.25) is 9.08 Å². The fourth-order valence-electron chi connectivity index (χ4n) is 4.78. The number of amides is 1. The number of rotatable bonds is 7. The second-order valence-corrected chi connectivity index (χ2v) is 14.2. The van der Waals surface area contributed by atoms with Crippen molar-refractivity contribution < 1.29 is 9.53 Å². The van der Waals surface area contributed by atoms with Crippen molar-refractivity contribution in [2.45, 2.75) is 62.8 Å². The van der Waals surface area contributed by atoms with Crippen LogP contribution in [-0.2, 0) is 11.8 Å². The Morgan fingerprint density at radius 3 is 2.76 bits per heavy atom. The van der Waals surface area contributed by atoms with Crippen LogP contribution in [0.3, 0.4) is 0 Å². The van der Waals surface area contributed by atoms with Gasteiger partial charge >= 0.3 is 6.09 Å². The fourth-order valence-corrected chi connectivity index (χ4v) is 7.18. The number of hydrogen-bond acceptors (Lipinski definition) is 9. The molecule has 10 nitrogen and oxygen atoms in total. The van der Waals surface area contributed by atoms with Crippen LogP contribution in [0.5, 0.6) is 0 Å². The molecule has 41 heavy (non-hydrogen) atoms. The Hall–Kier alpha value is -3.35.